The first-order valence-corrected chi connectivity index (χ1v) is 9.51. The summed E-state index contributed by atoms with van der Waals surface area (Å²) >= 11 is 7.62. The van der Waals surface area contributed by atoms with E-state index in [4.69, 9.17) is 16.3 Å². The number of rotatable bonds is 5. The van der Waals surface area contributed by atoms with Crippen LogP contribution in [0.15, 0.2) is 64.7 Å². The van der Waals surface area contributed by atoms with Gasteiger partial charge < -0.3 is 9.72 Å². The van der Waals surface area contributed by atoms with Crippen LogP contribution in [0.3, 0.4) is 0 Å². The fourth-order valence-electron chi connectivity index (χ4n) is 2.64. The van der Waals surface area contributed by atoms with Crippen LogP contribution in [0.2, 0.25) is 5.02 Å². The summed E-state index contributed by atoms with van der Waals surface area (Å²) in [4.78, 5) is 19.8. The lowest BCUT2D eigenvalue weighted by molar-refractivity contribution is 0.414. The first-order valence-electron chi connectivity index (χ1n) is 8.14. The molecule has 2 heterocycles. The summed E-state index contributed by atoms with van der Waals surface area (Å²) in [5, 5.41) is 5.96. The lowest BCUT2D eigenvalue weighted by Gasteiger charge is -2.06. The van der Waals surface area contributed by atoms with Gasteiger partial charge in [0.25, 0.3) is 5.56 Å². The Bertz CT molecular complexity index is 1150. The van der Waals surface area contributed by atoms with Gasteiger partial charge in [-0.2, -0.15) is 5.10 Å². The Morgan fingerprint density at radius 3 is 2.70 bits per heavy atom. The average molecular weight is 399 g/mol. The van der Waals surface area contributed by atoms with Gasteiger partial charge in [0.2, 0.25) is 0 Å². The SMILES string of the molecule is COc1ccc(-n2ncc3c(=O)[nH]c(SCc4ccccc4Cl)nc32)cc1. The third kappa shape index (κ3) is 3.56. The largest absolute Gasteiger partial charge is 0.497 e. The number of nitrogens with one attached hydrogen (secondary N) is 1. The van der Waals surface area contributed by atoms with Crippen molar-refractivity contribution in [2.45, 2.75) is 10.9 Å². The maximum atomic E-state index is 12.4. The molecule has 0 spiro atoms. The number of hydrogen-bond acceptors (Lipinski definition) is 5. The zero-order valence-corrected chi connectivity index (χ0v) is 15.9. The molecule has 8 heteroatoms. The molecule has 4 rings (SSSR count). The normalized spacial score (nSPS) is 11.0. The van der Waals surface area contributed by atoms with Gasteiger partial charge in [-0.15, -0.1) is 0 Å². The zero-order valence-electron chi connectivity index (χ0n) is 14.3. The number of aromatic nitrogens is 4. The van der Waals surface area contributed by atoms with Crippen LogP contribution in [-0.4, -0.2) is 26.9 Å². The van der Waals surface area contributed by atoms with Crippen molar-refractivity contribution < 1.29 is 4.74 Å². The summed E-state index contributed by atoms with van der Waals surface area (Å²) in [5.41, 5.74) is 2.06. The number of aromatic amines is 1. The van der Waals surface area contributed by atoms with Gasteiger partial charge in [0.15, 0.2) is 10.8 Å². The number of nitrogens with zero attached hydrogens (tertiary/aromatic N) is 3. The van der Waals surface area contributed by atoms with Crippen molar-refractivity contribution in [2.24, 2.45) is 0 Å². The first-order chi connectivity index (χ1) is 13.2. The minimum atomic E-state index is -0.221. The molecule has 4 aromatic rings. The van der Waals surface area contributed by atoms with E-state index >= 15 is 0 Å². The summed E-state index contributed by atoms with van der Waals surface area (Å²) in [6.45, 7) is 0. The molecule has 6 nitrogen and oxygen atoms in total. The van der Waals surface area contributed by atoms with Gasteiger partial charge in [-0.1, -0.05) is 41.6 Å². The minimum absolute atomic E-state index is 0.221. The molecule has 0 aliphatic heterocycles. The predicted molar refractivity (Wildman–Crippen MR) is 107 cm³/mol. The molecule has 0 amide bonds. The van der Waals surface area contributed by atoms with Crippen LogP contribution in [-0.2, 0) is 5.75 Å². The van der Waals surface area contributed by atoms with Gasteiger partial charge in [0.05, 0.1) is 19.0 Å². The third-order valence-corrected chi connectivity index (χ3v) is 5.35. The van der Waals surface area contributed by atoms with Crippen molar-refractivity contribution in [3.63, 3.8) is 0 Å². The highest BCUT2D eigenvalue weighted by Crippen LogP contribution is 2.25. The van der Waals surface area contributed by atoms with E-state index in [-0.39, 0.29) is 5.56 Å². The maximum absolute atomic E-state index is 12.4. The smallest absolute Gasteiger partial charge is 0.262 e. The lowest BCUT2D eigenvalue weighted by atomic mass is 10.2. The second kappa shape index (κ2) is 7.46. The fraction of sp³-hybridized carbons (Fsp3) is 0.105. The van der Waals surface area contributed by atoms with Crippen molar-refractivity contribution in [3.05, 3.63) is 75.7 Å². The Balaban J connectivity index is 1.69. The van der Waals surface area contributed by atoms with Gasteiger partial charge in [0.1, 0.15) is 11.1 Å². The molecule has 0 bridgehead atoms. The van der Waals surface area contributed by atoms with Crippen LogP contribution < -0.4 is 10.3 Å². The van der Waals surface area contributed by atoms with Gasteiger partial charge in [-0.3, -0.25) is 4.79 Å². The van der Waals surface area contributed by atoms with E-state index in [2.05, 4.69) is 15.1 Å². The van der Waals surface area contributed by atoms with Gasteiger partial charge in [-0.05, 0) is 35.9 Å². The molecule has 2 aromatic heterocycles. The van der Waals surface area contributed by atoms with E-state index < -0.39 is 0 Å². The number of methoxy groups -OCH3 is 1. The fourth-order valence-corrected chi connectivity index (χ4v) is 3.78. The minimum Gasteiger partial charge on any atom is -0.497 e. The van der Waals surface area contributed by atoms with Crippen molar-refractivity contribution in [1.82, 2.24) is 19.7 Å². The van der Waals surface area contributed by atoms with E-state index in [1.165, 1.54) is 18.0 Å². The highest BCUT2D eigenvalue weighted by atomic mass is 35.5. The van der Waals surface area contributed by atoms with Gasteiger partial charge >= 0.3 is 0 Å². The second-order valence-corrected chi connectivity index (χ2v) is 7.11. The summed E-state index contributed by atoms with van der Waals surface area (Å²) in [6, 6.07) is 15.0. The number of halogens is 1. The third-order valence-electron chi connectivity index (χ3n) is 4.06. The number of benzene rings is 2. The lowest BCUT2D eigenvalue weighted by Crippen LogP contribution is -2.09. The van der Waals surface area contributed by atoms with E-state index in [1.54, 1.807) is 11.8 Å². The molecule has 0 fully saturated rings. The van der Waals surface area contributed by atoms with Crippen LogP contribution in [0.4, 0.5) is 0 Å². The van der Waals surface area contributed by atoms with Crippen LogP contribution >= 0.6 is 23.4 Å². The molecule has 136 valence electrons. The summed E-state index contributed by atoms with van der Waals surface area (Å²) < 4.78 is 6.82. The Morgan fingerprint density at radius 1 is 1.19 bits per heavy atom. The molecule has 0 unspecified atom stereocenters. The number of ether oxygens (including phenoxy) is 1. The molecule has 0 aliphatic rings. The van der Waals surface area contributed by atoms with Crippen LogP contribution in [0.1, 0.15) is 5.56 Å². The highest BCUT2D eigenvalue weighted by Gasteiger charge is 2.12. The number of hydrogen-bond donors (Lipinski definition) is 1. The van der Waals surface area contributed by atoms with Gasteiger partial charge in [-0.25, -0.2) is 9.67 Å². The zero-order chi connectivity index (χ0) is 18.8. The predicted octanol–water partition coefficient (Wildman–Crippen LogP) is 4.06. The Labute approximate surface area is 164 Å². The summed E-state index contributed by atoms with van der Waals surface area (Å²) in [6.07, 6.45) is 1.52. The summed E-state index contributed by atoms with van der Waals surface area (Å²) in [7, 11) is 1.61. The quantitative estimate of drug-likeness (QED) is 0.405. The highest BCUT2D eigenvalue weighted by molar-refractivity contribution is 7.98. The second-order valence-electron chi connectivity index (χ2n) is 5.74. The first kappa shape index (κ1) is 17.6. The Kier molecular flexibility index (Phi) is 4.87. The van der Waals surface area contributed by atoms with E-state index in [0.29, 0.717) is 27.0 Å². The maximum Gasteiger partial charge on any atom is 0.262 e. The topological polar surface area (TPSA) is 72.8 Å². The summed E-state index contributed by atoms with van der Waals surface area (Å²) in [5.74, 6) is 1.35. The average Bonchev–Trinajstić information content (AvgIpc) is 3.12. The van der Waals surface area contributed by atoms with Crippen molar-refractivity contribution >= 4 is 34.4 Å². The molecule has 0 saturated heterocycles. The number of H-pyrrole nitrogens is 1. The van der Waals surface area contributed by atoms with Crippen LogP contribution in [0, 0.1) is 0 Å². The molecule has 0 radical (unpaired) electrons. The van der Waals surface area contributed by atoms with Gasteiger partial charge in [0, 0.05) is 10.8 Å². The standard InChI is InChI=1S/C19H15ClN4O2S/c1-26-14-8-6-13(7-9-14)24-17-15(10-21-24)18(25)23-19(22-17)27-11-12-4-2-3-5-16(12)20/h2-10H,11H2,1H3,(H,22,23,25). The molecule has 0 saturated carbocycles. The molecular formula is C19H15ClN4O2S. The van der Waals surface area contributed by atoms with Crippen LogP contribution in [0.5, 0.6) is 5.75 Å². The van der Waals surface area contributed by atoms with Crippen molar-refractivity contribution in [1.29, 1.82) is 0 Å². The monoisotopic (exact) mass is 398 g/mol. The van der Waals surface area contributed by atoms with E-state index in [9.17, 15) is 4.79 Å². The molecule has 1 N–H and O–H groups in total. The Hall–Kier alpha value is -2.77. The molecule has 0 atom stereocenters. The van der Waals surface area contributed by atoms with Crippen LogP contribution in [0.25, 0.3) is 16.7 Å². The number of fused-ring (bicyclic) bond motifs is 1. The van der Waals surface area contributed by atoms with Crippen molar-refractivity contribution in [2.75, 3.05) is 7.11 Å². The van der Waals surface area contributed by atoms with Crippen molar-refractivity contribution in [3.8, 4) is 11.4 Å². The van der Waals surface area contributed by atoms with E-state index in [1.807, 2.05) is 48.5 Å². The molecule has 2 aromatic carbocycles. The van der Waals surface area contributed by atoms with E-state index in [0.717, 1.165) is 17.0 Å². The number of thioether (sulfide) groups is 1. The molecule has 0 aliphatic carbocycles. The molecule has 27 heavy (non-hydrogen) atoms. The molecular weight excluding hydrogens is 384 g/mol. The Morgan fingerprint density at radius 2 is 1.96 bits per heavy atom.